The molecule has 0 spiro atoms. The van der Waals surface area contributed by atoms with Crippen molar-refractivity contribution >= 4 is 59.6 Å². The number of aliphatic hydroxyl groups excluding tert-OH is 3. The van der Waals surface area contributed by atoms with Crippen LogP contribution in [-0.2, 0) is 19.2 Å². The number of carbonyl (C=O) groups excluding carboxylic acids is 4. The van der Waals surface area contributed by atoms with Crippen molar-refractivity contribution in [2.24, 2.45) is 17.6 Å². The molecule has 41 heavy (non-hydrogen) atoms. The number of aromatic hydroxyl groups is 1. The minimum absolute atomic E-state index is 0. The van der Waals surface area contributed by atoms with Crippen molar-refractivity contribution in [3.63, 3.8) is 0 Å². The van der Waals surface area contributed by atoms with Gasteiger partial charge in [-0.1, -0.05) is 13.0 Å². The number of Topliss-reactive ketones (excluding diaryl/α,β-unsaturated/α-hetero) is 2. The first-order valence-corrected chi connectivity index (χ1v) is 12.2. The standard InChI is InChI=1S/C26H32N4O9.2ClH/c1-9-10-6-7-11(28-12(31)8-29(2)3)19(32)14(10)20(33)15-13(9)21(34)17-18(30(4)5)22(35)16(25(27)38)24(37)26(17,39)23(15)36;;/h6-7,9,13,17-18,21,32-34,37,39H,8H2,1-5H3,(H2,27,38)(H,28,31);2*1H/t9?,13?,17?,18-,21?,26-;;/m0../s1. The van der Waals surface area contributed by atoms with E-state index in [4.69, 9.17) is 5.73 Å². The van der Waals surface area contributed by atoms with Gasteiger partial charge in [0.2, 0.25) is 11.7 Å². The highest BCUT2D eigenvalue weighted by molar-refractivity contribution is 6.24. The van der Waals surface area contributed by atoms with Crippen molar-refractivity contribution in [1.82, 2.24) is 9.80 Å². The topological polar surface area (TPSA) is 214 Å². The van der Waals surface area contributed by atoms with E-state index in [0.717, 1.165) is 0 Å². The molecule has 8 N–H and O–H groups in total. The zero-order valence-corrected chi connectivity index (χ0v) is 24.5. The number of fused-ring (bicyclic) bond motifs is 3. The van der Waals surface area contributed by atoms with E-state index >= 15 is 0 Å². The highest BCUT2D eigenvalue weighted by Crippen LogP contribution is 2.56. The fourth-order valence-electron chi connectivity index (χ4n) is 6.19. The number of hydrogen-bond acceptors (Lipinski definition) is 11. The Labute approximate surface area is 248 Å². The first-order chi connectivity index (χ1) is 18.1. The highest BCUT2D eigenvalue weighted by atomic mass is 35.5. The summed E-state index contributed by atoms with van der Waals surface area (Å²) in [6, 6.07) is 1.52. The minimum atomic E-state index is -2.99. The molecule has 1 saturated carbocycles. The van der Waals surface area contributed by atoms with E-state index in [1.165, 1.54) is 31.1 Å². The van der Waals surface area contributed by atoms with E-state index in [0.29, 0.717) is 5.56 Å². The van der Waals surface area contributed by atoms with E-state index in [9.17, 15) is 44.7 Å². The quantitative estimate of drug-likeness (QED) is 0.170. The Kier molecular flexibility index (Phi) is 9.61. The van der Waals surface area contributed by atoms with Crippen LogP contribution in [0.1, 0.15) is 24.0 Å². The smallest absolute Gasteiger partial charge is 0.255 e. The summed E-state index contributed by atoms with van der Waals surface area (Å²) >= 11 is 0. The number of likely N-dealkylation sites (N-methyl/N-ethyl adjacent to an activating group) is 2. The summed E-state index contributed by atoms with van der Waals surface area (Å²) in [6.07, 6.45) is -1.68. The highest BCUT2D eigenvalue weighted by Gasteiger charge is 2.68. The number of nitrogens with two attached hydrogens (primary N) is 1. The van der Waals surface area contributed by atoms with Crippen molar-refractivity contribution < 1.29 is 44.7 Å². The van der Waals surface area contributed by atoms with Crippen molar-refractivity contribution in [3.05, 3.63) is 40.2 Å². The number of carbonyl (C=O) groups is 4. The molecule has 0 aromatic heterocycles. The van der Waals surface area contributed by atoms with E-state index in [-0.39, 0.29) is 42.6 Å². The third-order valence-electron chi connectivity index (χ3n) is 7.86. The van der Waals surface area contributed by atoms with Crippen molar-refractivity contribution in [2.45, 2.75) is 30.6 Å². The second-order valence-electron chi connectivity index (χ2n) is 10.8. The third kappa shape index (κ3) is 4.86. The fourth-order valence-corrected chi connectivity index (χ4v) is 6.19. The first-order valence-electron chi connectivity index (χ1n) is 12.2. The Bertz CT molecular complexity index is 1380. The van der Waals surface area contributed by atoms with Crippen molar-refractivity contribution in [3.8, 4) is 5.75 Å². The number of phenols is 1. The Morgan fingerprint density at radius 1 is 1.07 bits per heavy atom. The predicted octanol–water partition coefficient (Wildman–Crippen LogP) is -0.160. The molecule has 2 amide bonds. The second-order valence-corrected chi connectivity index (χ2v) is 10.8. The molecular formula is C26H34Cl2N4O9. The average molecular weight is 617 g/mol. The number of halogens is 2. The Hall–Kier alpha value is -3.20. The fraction of sp³-hybridized carbons (Fsp3) is 0.462. The first kappa shape index (κ1) is 34.0. The Morgan fingerprint density at radius 3 is 2.17 bits per heavy atom. The maximum absolute atomic E-state index is 14.0. The minimum Gasteiger partial charge on any atom is -0.508 e. The molecule has 3 aliphatic carbocycles. The normalized spacial score (nSPS) is 28.9. The molecule has 226 valence electrons. The third-order valence-corrected chi connectivity index (χ3v) is 7.86. The van der Waals surface area contributed by atoms with Crippen LogP contribution >= 0.6 is 24.8 Å². The van der Waals surface area contributed by atoms with Crippen LogP contribution in [0.3, 0.4) is 0 Å². The maximum Gasteiger partial charge on any atom is 0.255 e. The van der Waals surface area contributed by atoms with Crippen molar-refractivity contribution in [2.75, 3.05) is 40.1 Å². The summed E-state index contributed by atoms with van der Waals surface area (Å²) in [5.74, 6) is -10.2. The van der Waals surface area contributed by atoms with Gasteiger partial charge in [-0.05, 0) is 45.7 Å². The number of phenolic OH excluding ortho intramolecular Hbond substituents is 1. The van der Waals surface area contributed by atoms with Crippen LogP contribution in [0.5, 0.6) is 5.75 Å². The Morgan fingerprint density at radius 2 is 1.66 bits per heavy atom. The lowest BCUT2D eigenvalue weighted by atomic mass is 9.54. The van der Waals surface area contributed by atoms with E-state index < -0.39 is 87.3 Å². The summed E-state index contributed by atoms with van der Waals surface area (Å²) in [6.45, 7) is 1.63. The molecule has 6 atom stereocenters. The molecule has 1 aromatic carbocycles. The number of aliphatic hydroxyl groups is 4. The molecule has 0 aliphatic heterocycles. The summed E-state index contributed by atoms with van der Waals surface area (Å²) in [5, 5.41) is 59.1. The van der Waals surface area contributed by atoms with Gasteiger partial charge in [-0.15, -0.1) is 24.8 Å². The largest absolute Gasteiger partial charge is 0.508 e. The van der Waals surface area contributed by atoms with Gasteiger partial charge in [-0.25, -0.2) is 0 Å². The lowest BCUT2D eigenvalue weighted by Crippen LogP contribution is -2.70. The van der Waals surface area contributed by atoms with Gasteiger partial charge in [0, 0.05) is 11.5 Å². The molecule has 13 nitrogen and oxygen atoms in total. The van der Waals surface area contributed by atoms with Crippen LogP contribution in [0.15, 0.2) is 29.0 Å². The van der Waals surface area contributed by atoms with Gasteiger partial charge in [0.05, 0.1) is 35.9 Å². The number of nitrogens with one attached hydrogen (secondary N) is 1. The molecule has 15 heteroatoms. The average Bonchev–Trinajstić information content (AvgIpc) is 2.82. The lowest BCUT2D eigenvalue weighted by molar-refractivity contribution is -0.169. The van der Waals surface area contributed by atoms with Crippen molar-refractivity contribution in [1.29, 1.82) is 0 Å². The van der Waals surface area contributed by atoms with Gasteiger partial charge in [-0.3, -0.25) is 24.1 Å². The number of ketones is 2. The van der Waals surface area contributed by atoms with Crippen LogP contribution in [0.2, 0.25) is 0 Å². The molecular weight excluding hydrogens is 583 g/mol. The van der Waals surface area contributed by atoms with Crippen LogP contribution in [0, 0.1) is 11.8 Å². The van der Waals surface area contributed by atoms with Gasteiger partial charge >= 0.3 is 0 Å². The van der Waals surface area contributed by atoms with Gasteiger partial charge < -0.3 is 41.5 Å². The molecule has 4 rings (SSSR count). The summed E-state index contributed by atoms with van der Waals surface area (Å²) in [5.41, 5.74) is 0.921. The second kappa shape index (κ2) is 11.6. The number of primary amides is 1. The summed E-state index contributed by atoms with van der Waals surface area (Å²) in [7, 11) is 6.23. The number of amides is 2. The molecule has 1 fully saturated rings. The molecule has 4 unspecified atom stereocenters. The van der Waals surface area contributed by atoms with Crippen LogP contribution in [0.25, 0.3) is 5.76 Å². The molecule has 3 aliphatic rings. The molecule has 1 aromatic rings. The molecule has 0 saturated heterocycles. The van der Waals surface area contributed by atoms with Gasteiger partial charge in [0.15, 0.2) is 11.4 Å². The van der Waals surface area contributed by atoms with Crippen LogP contribution in [0.4, 0.5) is 5.69 Å². The van der Waals surface area contributed by atoms with E-state index in [1.54, 1.807) is 25.9 Å². The van der Waals surface area contributed by atoms with Gasteiger partial charge in [-0.2, -0.15) is 0 Å². The number of benzene rings is 1. The maximum atomic E-state index is 14.0. The summed E-state index contributed by atoms with van der Waals surface area (Å²) < 4.78 is 0. The SMILES string of the molecule is CC1c2ccc(NC(=O)CN(C)C)c(O)c2C(O)=C2C(=O)[C@]3(O)C(O)=C(C(N)=O)C(=O)[C@@H](N(C)C)C3C(O)C21.Cl.Cl. The zero-order valence-electron chi connectivity index (χ0n) is 22.9. The lowest BCUT2D eigenvalue weighted by Gasteiger charge is -2.53. The number of anilines is 1. The number of hydrogen-bond donors (Lipinski definition) is 7. The summed E-state index contributed by atoms with van der Waals surface area (Å²) in [4.78, 5) is 54.4. The van der Waals surface area contributed by atoms with Crippen LogP contribution in [-0.4, -0.2) is 111 Å². The van der Waals surface area contributed by atoms with E-state index in [2.05, 4.69) is 5.32 Å². The van der Waals surface area contributed by atoms with Gasteiger partial charge in [0.25, 0.3) is 5.91 Å². The van der Waals surface area contributed by atoms with E-state index in [1.807, 2.05) is 0 Å². The van der Waals surface area contributed by atoms with Gasteiger partial charge in [0.1, 0.15) is 22.8 Å². The monoisotopic (exact) mass is 616 g/mol. The number of rotatable bonds is 5. The van der Waals surface area contributed by atoms with Crippen LogP contribution < -0.4 is 11.1 Å². The Balaban J connectivity index is 0.00000294. The zero-order chi connectivity index (χ0) is 29.3. The number of nitrogens with zero attached hydrogens (tertiary/aromatic N) is 2. The molecule has 0 heterocycles. The predicted molar refractivity (Wildman–Crippen MR) is 152 cm³/mol. The molecule has 0 bridgehead atoms. The molecule has 0 radical (unpaired) electrons.